The number of piperidine rings is 1. The van der Waals surface area contributed by atoms with E-state index in [0.717, 1.165) is 25.3 Å². The zero-order chi connectivity index (χ0) is 21.3. The second-order valence-electron chi connectivity index (χ2n) is 8.10. The molecule has 2 aliphatic rings. The second-order valence-corrected chi connectivity index (χ2v) is 10.0. The van der Waals surface area contributed by atoms with Crippen LogP contribution in [-0.4, -0.2) is 68.2 Å². The standard InChI is InChI=1S/C19H28N4O5S/c1-14-6-4-10-21(13-14)29(27,28)15-8-9-16(18(12-15)23(25)26)22-11-5-7-17(22)19(24)20(2)3/h8-9,12,14,17H,4-7,10-11,13H2,1-3H3. The highest BCUT2D eigenvalue weighted by molar-refractivity contribution is 7.89. The first-order valence-corrected chi connectivity index (χ1v) is 11.3. The van der Waals surface area contributed by atoms with E-state index >= 15 is 0 Å². The Balaban J connectivity index is 1.98. The van der Waals surface area contributed by atoms with Gasteiger partial charge in [0, 0.05) is 39.8 Å². The van der Waals surface area contributed by atoms with Crippen LogP contribution in [0.4, 0.5) is 11.4 Å². The summed E-state index contributed by atoms with van der Waals surface area (Å²) in [5.41, 5.74) is 0.00764. The first-order chi connectivity index (χ1) is 13.6. The molecule has 9 nitrogen and oxygen atoms in total. The van der Waals surface area contributed by atoms with Crippen molar-refractivity contribution in [2.45, 2.75) is 43.5 Å². The number of nitrogens with zero attached hydrogens (tertiary/aromatic N) is 4. The Morgan fingerprint density at radius 3 is 2.52 bits per heavy atom. The Labute approximate surface area is 171 Å². The van der Waals surface area contributed by atoms with Crippen LogP contribution in [0.3, 0.4) is 0 Å². The molecule has 160 valence electrons. The van der Waals surface area contributed by atoms with Crippen molar-refractivity contribution in [1.29, 1.82) is 0 Å². The normalized spacial score (nSPS) is 23.2. The van der Waals surface area contributed by atoms with Gasteiger partial charge in [-0.2, -0.15) is 4.31 Å². The van der Waals surface area contributed by atoms with Crippen molar-refractivity contribution in [1.82, 2.24) is 9.21 Å². The first-order valence-electron chi connectivity index (χ1n) is 9.89. The number of sulfonamides is 1. The van der Waals surface area contributed by atoms with Gasteiger partial charge in [-0.3, -0.25) is 14.9 Å². The van der Waals surface area contributed by atoms with Crippen molar-refractivity contribution < 1.29 is 18.1 Å². The summed E-state index contributed by atoms with van der Waals surface area (Å²) >= 11 is 0. The number of likely N-dealkylation sites (N-methyl/N-ethyl adjacent to an activating group) is 1. The quantitative estimate of drug-likeness (QED) is 0.529. The van der Waals surface area contributed by atoms with Gasteiger partial charge >= 0.3 is 0 Å². The maximum atomic E-state index is 13.0. The molecule has 1 aromatic rings. The molecule has 0 saturated carbocycles. The molecule has 0 aromatic heterocycles. The average molecular weight is 425 g/mol. The van der Waals surface area contributed by atoms with E-state index in [1.807, 2.05) is 6.92 Å². The minimum absolute atomic E-state index is 0.0725. The third-order valence-corrected chi connectivity index (χ3v) is 7.55. The van der Waals surface area contributed by atoms with Crippen LogP contribution in [0.15, 0.2) is 23.1 Å². The van der Waals surface area contributed by atoms with E-state index in [9.17, 15) is 23.3 Å². The molecule has 3 rings (SSSR count). The maximum Gasteiger partial charge on any atom is 0.293 e. The lowest BCUT2D eigenvalue weighted by Gasteiger charge is -2.30. The third kappa shape index (κ3) is 4.23. The van der Waals surface area contributed by atoms with Crippen LogP contribution in [0, 0.1) is 16.0 Å². The summed E-state index contributed by atoms with van der Waals surface area (Å²) in [6, 6.07) is 3.56. The lowest BCUT2D eigenvalue weighted by molar-refractivity contribution is -0.384. The monoisotopic (exact) mass is 424 g/mol. The molecular weight excluding hydrogens is 396 g/mol. The van der Waals surface area contributed by atoms with Gasteiger partial charge in [0.2, 0.25) is 15.9 Å². The maximum absolute atomic E-state index is 13.0. The number of carbonyl (C=O) groups is 1. The van der Waals surface area contributed by atoms with E-state index < -0.39 is 21.0 Å². The van der Waals surface area contributed by atoms with Crippen molar-refractivity contribution >= 4 is 27.3 Å². The smallest absolute Gasteiger partial charge is 0.293 e. The number of hydrogen-bond acceptors (Lipinski definition) is 6. The summed E-state index contributed by atoms with van der Waals surface area (Å²) in [4.78, 5) is 26.8. The van der Waals surface area contributed by atoms with Crippen LogP contribution in [0.1, 0.15) is 32.6 Å². The summed E-state index contributed by atoms with van der Waals surface area (Å²) < 4.78 is 27.5. The lowest BCUT2D eigenvalue weighted by Crippen LogP contribution is -2.43. The molecule has 2 atom stereocenters. The first kappa shape index (κ1) is 21.5. The van der Waals surface area contributed by atoms with Crippen molar-refractivity contribution in [3.8, 4) is 0 Å². The molecule has 0 bridgehead atoms. The topological polar surface area (TPSA) is 104 Å². The molecule has 2 unspecified atom stereocenters. The number of benzene rings is 1. The predicted molar refractivity (Wildman–Crippen MR) is 109 cm³/mol. The molecule has 0 N–H and O–H groups in total. The molecule has 2 fully saturated rings. The largest absolute Gasteiger partial charge is 0.354 e. The van der Waals surface area contributed by atoms with Gasteiger partial charge in [0.1, 0.15) is 11.7 Å². The molecule has 1 amide bonds. The van der Waals surface area contributed by atoms with Gasteiger partial charge in [0.25, 0.3) is 5.69 Å². The van der Waals surface area contributed by atoms with Crippen molar-refractivity contribution in [2.75, 3.05) is 38.6 Å². The van der Waals surface area contributed by atoms with Gasteiger partial charge < -0.3 is 9.80 Å². The Morgan fingerprint density at radius 2 is 1.90 bits per heavy atom. The van der Waals surface area contributed by atoms with Crippen LogP contribution in [0.25, 0.3) is 0 Å². The van der Waals surface area contributed by atoms with Gasteiger partial charge in [0.15, 0.2) is 0 Å². The van der Waals surface area contributed by atoms with Crippen LogP contribution < -0.4 is 4.90 Å². The van der Waals surface area contributed by atoms with E-state index in [4.69, 9.17) is 0 Å². The fourth-order valence-electron chi connectivity index (χ4n) is 4.18. The summed E-state index contributed by atoms with van der Waals surface area (Å²) in [6.07, 6.45) is 3.11. The summed E-state index contributed by atoms with van der Waals surface area (Å²) in [7, 11) is -0.489. The van der Waals surface area contributed by atoms with Crippen LogP contribution in [0.5, 0.6) is 0 Å². The molecule has 0 radical (unpaired) electrons. The van der Waals surface area contributed by atoms with Gasteiger partial charge in [0.05, 0.1) is 9.82 Å². The Hall–Kier alpha value is -2.20. The molecular formula is C19H28N4O5S. The number of rotatable bonds is 5. The van der Waals surface area contributed by atoms with Crippen molar-refractivity contribution in [3.05, 3.63) is 28.3 Å². The predicted octanol–water partition coefficient (Wildman–Crippen LogP) is 2.07. The minimum Gasteiger partial charge on any atom is -0.354 e. The van der Waals surface area contributed by atoms with Gasteiger partial charge in [-0.05, 0) is 43.7 Å². The third-order valence-electron chi connectivity index (χ3n) is 5.69. The van der Waals surface area contributed by atoms with Gasteiger partial charge in [-0.1, -0.05) is 6.92 Å². The van der Waals surface area contributed by atoms with Crippen LogP contribution in [0.2, 0.25) is 0 Å². The highest BCUT2D eigenvalue weighted by atomic mass is 32.2. The van der Waals surface area contributed by atoms with Crippen molar-refractivity contribution in [3.63, 3.8) is 0 Å². The number of hydrogen-bond donors (Lipinski definition) is 0. The molecule has 2 heterocycles. The number of amides is 1. The van der Waals surface area contributed by atoms with E-state index in [1.54, 1.807) is 19.0 Å². The minimum atomic E-state index is -3.80. The highest BCUT2D eigenvalue weighted by Gasteiger charge is 2.37. The zero-order valence-electron chi connectivity index (χ0n) is 17.1. The van der Waals surface area contributed by atoms with Crippen LogP contribution in [-0.2, 0) is 14.8 Å². The molecule has 29 heavy (non-hydrogen) atoms. The van der Waals surface area contributed by atoms with E-state index in [-0.39, 0.29) is 22.4 Å². The Bertz CT molecular complexity index is 902. The highest BCUT2D eigenvalue weighted by Crippen LogP contribution is 2.36. The Morgan fingerprint density at radius 1 is 1.21 bits per heavy atom. The van der Waals surface area contributed by atoms with Crippen molar-refractivity contribution in [2.24, 2.45) is 5.92 Å². The molecule has 0 spiro atoms. The SMILES string of the molecule is CC1CCCN(S(=O)(=O)c2ccc(N3CCCC3C(=O)N(C)C)c([N+](=O)[O-])c2)C1. The van der Waals surface area contributed by atoms with E-state index in [0.29, 0.717) is 31.7 Å². The molecule has 2 saturated heterocycles. The number of nitro groups is 1. The zero-order valence-corrected chi connectivity index (χ0v) is 17.9. The van der Waals surface area contributed by atoms with E-state index in [2.05, 4.69) is 0 Å². The van der Waals surface area contributed by atoms with E-state index in [1.165, 1.54) is 21.3 Å². The molecule has 10 heteroatoms. The fraction of sp³-hybridized carbons (Fsp3) is 0.632. The Kier molecular flexibility index (Phi) is 6.13. The number of carbonyl (C=O) groups excluding carboxylic acids is 1. The fourth-order valence-corrected chi connectivity index (χ4v) is 5.80. The molecule has 2 aliphatic heterocycles. The second kappa shape index (κ2) is 8.27. The number of anilines is 1. The summed E-state index contributed by atoms with van der Waals surface area (Å²) in [5.74, 6) is 0.144. The molecule has 0 aliphatic carbocycles. The summed E-state index contributed by atoms with van der Waals surface area (Å²) in [6.45, 7) is 3.36. The van der Waals surface area contributed by atoms with Crippen LogP contribution >= 0.6 is 0 Å². The van der Waals surface area contributed by atoms with Gasteiger partial charge in [-0.15, -0.1) is 0 Å². The summed E-state index contributed by atoms with van der Waals surface area (Å²) in [5, 5.41) is 11.8. The number of nitro benzene ring substituents is 1. The lowest BCUT2D eigenvalue weighted by atomic mass is 10.0. The average Bonchev–Trinajstić information content (AvgIpc) is 3.16. The van der Waals surface area contributed by atoms with Gasteiger partial charge in [-0.25, -0.2) is 8.42 Å². The molecule has 1 aromatic carbocycles.